The number of urea groups is 2. The summed E-state index contributed by atoms with van der Waals surface area (Å²) in [6.45, 7) is 3.63. The number of carbonyl (C=O) groups excluding carboxylic acids is 2. The van der Waals surface area contributed by atoms with Crippen molar-refractivity contribution in [2.45, 2.75) is 13.1 Å². The van der Waals surface area contributed by atoms with Crippen LogP contribution < -0.4 is 21.3 Å². The number of hydrogen-bond acceptors (Lipinski definition) is 6. The number of carbonyl (C=O) groups is 2. The molecule has 0 radical (unpaired) electrons. The second-order valence-electron chi connectivity index (χ2n) is 4.98. The molecule has 0 rings (SSSR count). The molecule has 0 heterocycles. The zero-order valence-corrected chi connectivity index (χ0v) is 16.6. The third-order valence-electron chi connectivity index (χ3n) is 3.37. The molecule has 136 valence electrons. The van der Waals surface area contributed by atoms with E-state index in [0.29, 0.717) is 12.3 Å². The monoisotopic (exact) mass is 368 g/mol. The Bertz CT molecular complexity index is 346. The summed E-state index contributed by atoms with van der Waals surface area (Å²) in [5, 5.41) is 10.3. The minimum absolute atomic E-state index is 0.0197. The van der Waals surface area contributed by atoms with E-state index in [0.717, 1.165) is 0 Å². The maximum Gasteiger partial charge on any atom is 0.354 e. The van der Waals surface area contributed by atoms with E-state index in [1.165, 1.54) is 28.4 Å². The SMILES string of the molecule is CO[Si](C)(CNC(=O)NCNC(=O)NC[Si](C)(OC)OC)OC. The van der Waals surface area contributed by atoms with Gasteiger partial charge in [-0.3, -0.25) is 0 Å². The van der Waals surface area contributed by atoms with Crippen molar-refractivity contribution in [2.75, 3.05) is 47.4 Å². The first-order chi connectivity index (χ1) is 10.7. The van der Waals surface area contributed by atoms with Gasteiger partial charge in [-0.05, 0) is 13.1 Å². The number of amides is 4. The highest BCUT2D eigenvalue weighted by atomic mass is 28.4. The highest BCUT2D eigenvalue weighted by Crippen LogP contribution is 2.02. The van der Waals surface area contributed by atoms with Gasteiger partial charge in [0, 0.05) is 28.4 Å². The van der Waals surface area contributed by atoms with Gasteiger partial charge >= 0.3 is 29.2 Å². The Morgan fingerprint density at radius 1 is 0.696 bits per heavy atom. The van der Waals surface area contributed by atoms with E-state index < -0.39 is 29.2 Å². The Morgan fingerprint density at radius 2 is 1.00 bits per heavy atom. The lowest BCUT2D eigenvalue weighted by Gasteiger charge is -2.23. The molecule has 0 aromatic rings. The Morgan fingerprint density at radius 3 is 1.26 bits per heavy atom. The molecular formula is C11H28N4O6Si2. The first-order valence-electron chi connectivity index (χ1n) is 6.98. The van der Waals surface area contributed by atoms with Crippen molar-refractivity contribution >= 4 is 29.2 Å². The highest BCUT2D eigenvalue weighted by molar-refractivity contribution is 6.66. The van der Waals surface area contributed by atoms with Gasteiger partial charge in [0.1, 0.15) is 0 Å². The van der Waals surface area contributed by atoms with Gasteiger partial charge in [0.2, 0.25) is 0 Å². The van der Waals surface area contributed by atoms with Crippen LogP contribution in [0, 0.1) is 0 Å². The van der Waals surface area contributed by atoms with Crippen molar-refractivity contribution < 1.29 is 27.3 Å². The molecule has 0 aliphatic heterocycles. The van der Waals surface area contributed by atoms with E-state index in [2.05, 4.69) is 21.3 Å². The average Bonchev–Trinajstić information content (AvgIpc) is 2.57. The Kier molecular flexibility index (Phi) is 10.0. The molecule has 0 saturated heterocycles. The summed E-state index contributed by atoms with van der Waals surface area (Å²) in [6.07, 6.45) is 0.591. The smallest absolute Gasteiger partial charge is 0.354 e. The predicted octanol–water partition coefficient (Wildman–Crippen LogP) is -0.650. The maximum absolute atomic E-state index is 11.6. The van der Waals surface area contributed by atoms with Gasteiger partial charge in [-0.15, -0.1) is 0 Å². The first-order valence-corrected chi connectivity index (χ1v) is 12.0. The van der Waals surface area contributed by atoms with E-state index in [-0.39, 0.29) is 6.67 Å². The summed E-state index contributed by atoms with van der Waals surface area (Å²) in [5.41, 5.74) is 0. The minimum Gasteiger partial charge on any atom is -0.397 e. The summed E-state index contributed by atoms with van der Waals surface area (Å²) >= 11 is 0. The lowest BCUT2D eigenvalue weighted by Crippen LogP contribution is -2.54. The fourth-order valence-corrected chi connectivity index (χ4v) is 3.14. The van der Waals surface area contributed by atoms with Crippen molar-refractivity contribution in [1.29, 1.82) is 0 Å². The van der Waals surface area contributed by atoms with Gasteiger partial charge in [-0.1, -0.05) is 0 Å². The first kappa shape index (κ1) is 21.8. The zero-order chi connectivity index (χ0) is 17.9. The quantitative estimate of drug-likeness (QED) is 0.301. The molecule has 0 aromatic carbocycles. The lowest BCUT2D eigenvalue weighted by molar-refractivity contribution is 0.226. The van der Waals surface area contributed by atoms with E-state index in [9.17, 15) is 9.59 Å². The summed E-state index contributed by atoms with van der Waals surface area (Å²) in [7, 11) is 1.44. The molecule has 0 saturated carbocycles. The van der Waals surface area contributed by atoms with Gasteiger partial charge in [0.05, 0.1) is 19.0 Å². The van der Waals surface area contributed by atoms with Gasteiger partial charge in [-0.2, -0.15) is 0 Å². The van der Waals surface area contributed by atoms with Crippen molar-refractivity contribution in [3.8, 4) is 0 Å². The largest absolute Gasteiger partial charge is 0.397 e. The number of nitrogens with one attached hydrogen (secondary N) is 4. The van der Waals surface area contributed by atoms with Crippen LogP contribution in [0.15, 0.2) is 0 Å². The lowest BCUT2D eigenvalue weighted by atomic mass is 10.8. The highest BCUT2D eigenvalue weighted by Gasteiger charge is 2.30. The third-order valence-corrected chi connectivity index (χ3v) is 8.46. The standard InChI is InChI=1S/C11H28N4O6Si2/c1-18-22(5,19-2)8-14-10(16)12-7-13-11(17)15-9-23(6,20-3)21-4/h7-9H2,1-6H3,(H2,12,14,16)(H2,13,15,17). The molecule has 0 aromatic heterocycles. The van der Waals surface area contributed by atoms with Crippen molar-refractivity contribution in [1.82, 2.24) is 21.3 Å². The molecule has 0 bridgehead atoms. The number of rotatable bonds is 10. The van der Waals surface area contributed by atoms with Crippen molar-refractivity contribution in [3.63, 3.8) is 0 Å². The second kappa shape index (κ2) is 10.6. The molecule has 0 spiro atoms. The second-order valence-corrected chi connectivity index (χ2v) is 11.9. The minimum atomic E-state index is -2.36. The van der Waals surface area contributed by atoms with Crippen molar-refractivity contribution in [2.24, 2.45) is 0 Å². The summed E-state index contributed by atoms with van der Waals surface area (Å²) in [4.78, 5) is 23.2. The molecule has 0 aliphatic rings. The Labute approximate surface area is 139 Å². The van der Waals surface area contributed by atoms with E-state index >= 15 is 0 Å². The number of hydrogen-bond donors (Lipinski definition) is 4. The molecule has 4 amide bonds. The van der Waals surface area contributed by atoms with Crippen molar-refractivity contribution in [3.05, 3.63) is 0 Å². The van der Waals surface area contributed by atoms with Crippen LogP contribution in [0.1, 0.15) is 0 Å². The molecular weight excluding hydrogens is 340 g/mol. The van der Waals surface area contributed by atoms with Crippen LogP contribution in [0.3, 0.4) is 0 Å². The molecule has 0 fully saturated rings. The topological polar surface area (TPSA) is 119 Å². The molecule has 10 nitrogen and oxygen atoms in total. The van der Waals surface area contributed by atoms with E-state index in [1.54, 1.807) is 0 Å². The Balaban J connectivity index is 3.93. The average molecular weight is 369 g/mol. The van der Waals surface area contributed by atoms with Gasteiger partial charge in [0.25, 0.3) is 0 Å². The van der Waals surface area contributed by atoms with Crippen LogP contribution in [0.2, 0.25) is 13.1 Å². The van der Waals surface area contributed by atoms with Gasteiger partial charge < -0.3 is 39.0 Å². The normalized spacial score (nSPS) is 11.7. The molecule has 0 aliphatic carbocycles. The van der Waals surface area contributed by atoms with Gasteiger partial charge in [-0.25, -0.2) is 9.59 Å². The van der Waals surface area contributed by atoms with Crippen LogP contribution in [-0.4, -0.2) is 76.6 Å². The molecule has 0 unspecified atom stereocenters. The maximum atomic E-state index is 11.6. The van der Waals surface area contributed by atoms with Crippen LogP contribution in [0.5, 0.6) is 0 Å². The van der Waals surface area contributed by atoms with Gasteiger partial charge in [0.15, 0.2) is 0 Å². The fraction of sp³-hybridized carbons (Fsp3) is 0.818. The Hall–Kier alpha value is -1.19. The van der Waals surface area contributed by atoms with E-state index in [1.807, 2.05) is 13.1 Å². The third kappa shape index (κ3) is 8.87. The molecule has 12 heteroatoms. The summed E-state index contributed by atoms with van der Waals surface area (Å²) in [5.74, 6) is 0. The summed E-state index contributed by atoms with van der Waals surface area (Å²) in [6, 6.07) is -0.850. The molecule has 4 N–H and O–H groups in total. The summed E-state index contributed by atoms with van der Waals surface area (Å²) < 4.78 is 21.0. The molecule has 0 atom stereocenters. The fourth-order valence-electron chi connectivity index (χ4n) is 1.27. The van der Waals surface area contributed by atoms with Crippen LogP contribution >= 0.6 is 0 Å². The predicted molar refractivity (Wildman–Crippen MR) is 89.2 cm³/mol. The molecule has 23 heavy (non-hydrogen) atoms. The zero-order valence-electron chi connectivity index (χ0n) is 14.6. The van der Waals surface area contributed by atoms with E-state index in [4.69, 9.17) is 17.7 Å². The van der Waals surface area contributed by atoms with Crippen LogP contribution in [0.4, 0.5) is 9.59 Å². The van der Waals surface area contributed by atoms with Crippen LogP contribution in [-0.2, 0) is 17.7 Å². The van der Waals surface area contributed by atoms with Crippen LogP contribution in [0.25, 0.3) is 0 Å².